The summed E-state index contributed by atoms with van der Waals surface area (Å²) in [6, 6.07) is 13.8. The predicted molar refractivity (Wildman–Crippen MR) is 128 cm³/mol. The molecule has 1 aliphatic heterocycles. The van der Waals surface area contributed by atoms with Crippen molar-refractivity contribution in [3.05, 3.63) is 58.6 Å². The van der Waals surface area contributed by atoms with Crippen molar-refractivity contribution in [2.45, 2.75) is 4.90 Å². The molecule has 3 aromatic rings. The lowest BCUT2D eigenvalue weighted by molar-refractivity contribution is 0.383. The smallest absolute Gasteiger partial charge is 0.244 e. The maximum Gasteiger partial charge on any atom is 0.244 e. The molecule has 4 rings (SSSR count). The highest BCUT2D eigenvalue weighted by molar-refractivity contribution is 7.89. The number of methoxy groups -OCH3 is 2. The topological polar surface area (TPSA) is 84.9 Å². The Morgan fingerprint density at radius 2 is 1.67 bits per heavy atom. The van der Waals surface area contributed by atoms with Gasteiger partial charge in [0.15, 0.2) is 5.82 Å². The SMILES string of the molecule is COc1ccc(OC)c(-c2ccc(N3CCN(S(=O)(=O)c4cccc(Cl)c4Cl)CC3)nn2)c1. The monoisotopic (exact) mass is 508 g/mol. The van der Waals surface area contributed by atoms with E-state index in [0.29, 0.717) is 36.1 Å². The Morgan fingerprint density at radius 1 is 0.909 bits per heavy atom. The molecule has 2 heterocycles. The van der Waals surface area contributed by atoms with E-state index in [0.717, 1.165) is 5.56 Å². The first-order chi connectivity index (χ1) is 15.8. The van der Waals surface area contributed by atoms with Crippen LogP contribution in [0.2, 0.25) is 10.0 Å². The average Bonchev–Trinajstić information content (AvgIpc) is 2.85. The van der Waals surface area contributed by atoms with Crippen LogP contribution >= 0.6 is 23.2 Å². The molecule has 0 unspecified atom stereocenters. The highest BCUT2D eigenvalue weighted by Gasteiger charge is 2.31. The van der Waals surface area contributed by atoms with Crippen LogP contribution < -0.4 is 14.4 Å². The molecule has 0 aliphatic carbocycles. The van der Waals surface area contributed by atoms with E-state index in [2.05, 4.69) is 10.2 Å². The lowest BCUT2D eigenvalue weighted by Gasteiger charge is -2.34. The summed E-state index contributed by atoms with van der Waals surface area (Å²) in [5, 5.41) is 8.95. The van der Waals surface area contributed by atoms with E-state index in [1.165, 1.54) is 10.4 Å². The van der Waals surface area contributed by atoms with Gasteiger partial charge in [0.1, 0.15) is 16.4 Å². The molecular weight excluding hydrogens is 487 g/mol. The molecule has 2 aromatic carbocycles. The van der Waals surface area contributed by atoms with E-state index in [4.69, 9.17) is 32.7 Å². The average molecular weight is 509 g/mol. The maximum absolute atomic E-state index is 13.0. The number of anilines is 1. The predicted octanol–water partition coefficient (Wildman–Crippen LogP) is 3.98. The van der Waals surface area contributed by atoms with Crippen molar-refractivity contribution >= 4 is 39.0 Å². The molecule has 11 heteroatoms. The lowest BCUT2D eigenvalue weighted by atomic mass is 10.1. The summed E-state index contributed by atoms with van der Waals surface area (Å²) < 4.78 is 38.2. The number of halogens is 2. The van der Waals surface area contributed by atoms with Gasteiger partial charge in [-0.1, -0.05) is 29.3 Å². The van der Waals surface area contributed by atoms with Crippen molar-refractivity contribution in [3.63, 3.8) is 0 Å². The largest absolute Gasteiger partial charge is 0.497 e. The van der Waals surface area contributed by atoms with Crippen LogP contribution in [0.3, 0.4) is 0 Å². The van der Waals surface area contributed by atoms with Crippen molar-refractivity contribution in [2.75, 3.05) is 45.3 Å². The molecule has 0 atom stereocenters. The van der Waals surface area contributed by atoms with Crippen LogP contribution in [0.25, 0.3) is 11.3 Å². The molecule has 0 saturated carbocycles. The Kier molecular flexibility index (Phi) is 6.94. The fourth-order valence-corrected chi connectivity index (χ4v) is 5.79. The summed E-state index contributed by atoms with van der Waals surface area (Å²) in [6.45, 7) is 1.51. The minimum Gasteiger partial charge on any atom is -0.497 e. The number of rotatable bonds is 6. The minimum absolute atomic E-state index is 0.0153. The number of nitrogens with zero attached hydrogens (tertiary/aromatic N) is 4. The number of hydrogen-bond donors (Lipinski definition) is 0. The summed E-state index contributed by atoms with van der Waals surface area (Å²) in [7, 11) is -0.557. The van der Waals surface area contributed by atoms with Gasteiger partial charge in [-0.2, -0.15) is 4.31 Å². The molecule has 33 heavy (non-hydrogen) atoms. The van der Waals surface area contributed by atoms with Gasteiger partial charge in [0.2, 0.25) is 10.0 Å². The van der Waals surface area contributed by atoms with Crippen molar-refractivity contribution in [1.29, 1.82) is 0 Å². The zero-order valence-corrected chi connectivity index (χ0v) is 20.4. The molecule has 1 fully saturated rings. The molecule has 0 spiro atoms. The van der Waals surface area contributed by atoms with Gasteiger partial charge >= 0.3 is 0 Å². The molecule has 174 valence electrons. The van der Waals surface area contributed by atoms with Gasteiger partial charge in [-0.15, -0.1) is 10.2 Å². The standard InChI is InChI=1S/C22H22Cl2N4O4S/c1-31-15-6-8-19(32-2)16(14-15)18-7-9-21(26-25-18)27-10-12-28(13-11-27)33(29,30)20-5-3-4-17(23)22(20)24/h3-9,14H,10-13H2,1-2H3. The third-order valence-corrected chi connectivity index (χ3v) is 8.30. The van der Waals surface area contributed by atoms with Crippen molar-refractivity contribution < 1.29 is 17.9 Å². The first-order valence-corrected chi connectivity index (χ1v) is 12.3. The van der Waals surface area contributed by atoms with Crippen LogP contribution in [-0.4, -0.2) is 63.3 Å². The second kappa shape index (κ2) is 9.72. The molecule has 1 aliphatic rings. The second-order valence-corrected chi connectivity index (χ2v) is 9.98. The summed E-state index contributed by atoms with van der Waals surface area (Å²) in [4.78, 5) is 2.01. The third kappa shape index (κ3) is 4.72. The Labute approximate surface area is 202 Å². The zero-order valence-electron chi connectivity index (χ0n) is 18.0. The van der Waals surface area contributed by atoms with Gasteiger partial charge in [0.05, 0.1) is 30.0 Å². The van der Waals surface area contributed by atoms with E-state index in [1.54, 1.807) is 26.4 Å². The van der Waals surface area contributed by atoms with E-state index in [9.17, 15) is 8.42 Å². The molecule has 1 aromatic heterocycles. The van der Waals surface area contributed by atoms with E-state index in [1.807, 2.05) is 35.2 Å². The molecule has 0 radical (unpaired) electrons. The lowest BCUT2D eigenvalue weighted by Crippen LogP contribution is -2.49. The minimum atomic E-state index is -3.75. The van der Waals surface area contributed by atoms with Crippen molar-refractivity contribution in [3.8, 4) is 22.8 Å². The van der Waals surface area contributed by atoms with E-state index in [-0.39, 0.29) is 28.0 Å². The molecule has 1 saturated heterocycles. The molecular formula is C22H22Cl2N4O4S. The first-order valence-electron chi connectivity index (χ1n) is 10.1. The first kappa shape index (κ1) is 23.6. The number of aromatic nitrogens is 2. The van der Waals surface area contributed by atoms with Gasteiger partial charge in [-0.25, -0.2) is 8.42 Å². The van der Waals surface area contributed by atoms with E-state index >= 15 is 0 Å². The molecule has 0 bridgehead atoms. The van der Waals surface area contributed by atoms with Crippen LogP contribution in [0, 0.1) is 0 Å². The summed E-state index contributed by atoms with van der Waals surface area (Å²) in [6.07, 6.45) is 0. The van der Waals surface area contributed by atoms with Gasteiger partial charge in [0, 0.05) is 31.7 Å². The normalized spacial score (nSPS) is 14.8. The summed E-state index contributed by atoms with van der Waals surface area (Å²) >= 11 is 12.1. The Balaban J connectivity index is 1.48. The number of piperazine rings is 1. The van der Waals surface area contributed by atoms with E-state index < -0.39 is 10.0 Å². The van der Waals surface area contributed by atoms with Crippen molar-refractivity contribution in [1.82, 2.24) is 14.5 Å². The van der Waals surface area contributed by atoms with Gasteiger partial charge in [0.25, 0.3) is 0 Å². The number of ether oxygens (including phenoxy) is 2. The van der Waals surface area contributed by atoms with Crippen LogP contribution in [0.15, 0.2) is 53.4 Å². The second-order valence-electron chi connectivity index (χ2n) is 7.29. The Bertz CT molecular complexity index is 1250. The summed E-state index contributed by atoms with van der Waals surface area (Å²) in [5.74, 6) is 2.02. The van der Waals surface area contributed by atoms with Gasteiger partial charge in [-0.05, 0) is 42.5 Å². The van der Waals surface area contributed by atoms with Crippen LogP contribution in [0.1, 0.15) is 0 Å². The molecule has 8 nitrogen and oxygen atoms in total. The number of benzene rings is 2. The zero-order chi connectivity index (χ0) is 23.6. The van der Waals surface area contributed by atoms with Crippen LogP contribution in [0.4, 0.5) is 5.82 Å². The fraction of sp³-hybridized carbons (Fsp3) is 0.273. The van der Waals surface area contributed by atoms with Gasteiger partial charge in [-0.3, -0.25) is 0 Å². The fourth-order valence-electron chi connectivity index (χ4n) is 3.63. The maximum atomic E-state index is 13.0. The number of hydrogen-bond acceptors (Lipinski definition) is 7. The third-order valence-electron chi connectivity index (χ3n) is 5.43. The Morgan fingerprint density at radius 3 is 2.30 bits per heavy atom. The Hall–Kier alpha value is -2.59. The molecule has 0 amide bonds. The molecule has 0 N–H and O–H groups in total. The highest BCUT2D eigenvalue weighted by Crippen LogP contribution is 2.33. The van der Waals surface area contributed by atoms with Crippen LogP contribution in [-0.2, 0) is 10.0 Å². The summed E-state index contributed by atoms with van der Waals surface area (Å²) in [5.41, 5.74) is 1.41. The van der Waals surface area contributed by atoms with Crippen LogP contribution in [0.5, 0.6) is 11.5 Å². The number of sulfonamides is 1. The van der Waals surface area contributed by atoms with Crippen molar-refractivity contribution in [2.24, 2.45) is 0 Å². The quantitative estimate of drug-likeness (QED) is 0.497. The highest BCUT2D eigenvalue weighted by atomic mass is 35.5. The van der Waals surface area contributed by atoms with Gasteiger partial charge < -0.3 is 14.4 Å².